The summed E-state index contributed by atoms with van der Waals surface area (Å²) in [5.74, 6) is -0.485. The molecule has 0 aliphatic carbocycles. The van der Waals surface area contributed by atoms with Crippen LogP contribution in [0.3, 0.4) is 0 Å². The SMILES string of the molecule is C.COC(=O)c1ccc2c(cc(Cl)c[n+]2[O-])c1.COC(=O)c1ccc2ncc(Cl)cc2c1.Cc1cc(N)nc(C)c1CNC(=O)c1ccnc(Cc2ccc3nc(C)c(Cl)cc3c2)c1. The molecule has 8 aromatic rings. The summed E-state index contributed by atoms with van der Waals surface area (Å²) in [5.41, 5.74) is 14.9. The van der Waals surface area contributed by atoms with Crippen LogP contribution in [0.1, 0.15) is 72.3 Å². The quantitative estimate of drug-likeness (QED) is 0.0880. The van der Waals surface area contributed by atoms with E-state index in [2.05, 4.69) is 40.8 Å². The maximum absolute atomic E-state index is 12.7. The van der Waals surface area contributed by atoms with Crippen molar-refractivity contribution in [2.24, 2.45) is 0 Å². The lowest BCUT2D eigenvalue weighted by molar-refractivity contribution is -0.576. The van der Waals surface area contributed by atoms with Gasteiger partial charge in [0.1, 0.15) is 10.8 Å². The van der Waals surface area contributed by atoms with Crippen LogP contribution in [-0.4, -0.2) is 52.0 Å². The van der Waals surface area contributed by atoms with Gasteiger partial charge in [-0.15, -0.1) is 0 Å². The van der Waals surface area contributed by atoms with Crippen LogP contribution in [0, 0.1) is 26.0 Å². The van der Waals surface area contributed by atoms with E-state index in [-0.39, 0.29) is 19.3 Å². The molecule has 328 valence electrons. The molecule has 1 amide bonds. The number of methoxy groups -OCH3 is 2. The van der Waals surface area contributed by atoms with Crippen molar-refractivity contribution in [1.29, 1.82) is 0 Å². The predicted octanol–water partition coefficient (Wildman–Crippen LogP) is 9.93. The molecule has 0 unspecified atom stereocenters. The number of pyridine rings is 5. The average Bonchev–Trinajstić information content (AvgIpc) is 3.26. The van der Waals surface area contributed by atoms with Gasteiger partial charge in [0.15, 0.2) is 6.20 Å². The van der Waals surface area contributed by atoms with Gasteiger partial charge in [-0.2, -0.15) is 4.73 Å². The van der Waals surface area contributed by atoms with Gasteiger partial charge in [0.2, 0.25) is 5.52 Å². The standard InChI is InChI=1S/C25H24ClN5O.C11H8ClNO3.C11H8ClNO2.CH4/c1-14-8-24(27)31-15(2)21(14)13-29-25(32)18-6-7-28-20(11-18)10-17-4-5-23-19(9-17)12-22(26)16(3)30-23;1-16-11(14)7-2-3-10-8(4-7)5-9(12)6-13(10)15;1-15-11(14)7-2-3-10-8(4-7)5-9(12)6-13-10;/h4-9,11-12H,10,13H2,1-3H3,(H2,27,31)(H,29,32);2-6H,1H3;2-6H,1H3;1H4. The second kappa shape index (κ2) is 21.4. The van der Waals surface area contributed by atoms with Gasteiger partial charge in [0.05, 0.1) is 52.1 Å². The number of rotatable bonds is 7. The maximum Gasteiger partial charge on any atom is 0.337 e. The average molecular weight is 921 g/mol. The van der Waals surface area contributed by atoms with Crippen molar-refractivity contribution in [3.8, 4) is 0 Å². The van der Waals surface area contributed by atoms with Gasteiger partial charge < -0.3 is 25.7 Å². The first-order chi connectivity index (χ1) is 30.1. The van der Waals surface area contributed by atoms with Crippen LogP contribution in [0.25, 0.3) is 32.7 Å². The van der Waals surface area contributed by atoms with Gasteiger partial charge in [0, 0.05) is 64.5 Å². The van der Waals surface area contributed by atoms with Crippen molar-refractivity contribution in [1.82, 2.24) is 25.3 Å². The van der Waals surface area contributed by atoms with E-state index in [9.17, 15) is 19.6 Å². The monoisotopic (exact) mass is 919 g/mol. The molecule has 0 atom stereocenters. The van der Waals surface area contributed by atoms with Gasteiger partial charge in [-0.3, -0.25) is 19.7 Å². The first-order valence-corrected chi connectivity index (χ1v) is 20.3. The summed E-state index contributed by atoms with van der Waals surface area (Å²) >= 11 is 17.8. The first kappa shape index (κ1) is 48.1. The third kappa shape index (κ3) is 12.0. The third-order valence-electron chi connectivity index (χ3n) is 9.76. The summed E-state index contributed by atoms with van der Waals surface area (Å²) in [5, 5.41) is 18.4. The molecule has 0 saturated heterocycles. The Balaban J connectivity index is 0.000000201. The summed E-state index contributed by atoms with van der Waals surface area (Å²) in [6.45, 7) is 6.13. The number of halogens is 3. The number of carbonyl (C=O) groups is 3. The zero-order valence-electron chi connectivity index (χ0n) is 34.7. The molecule has 16 heteroatoms. The summed E-state index contributed by atoms with van der Waals surface area (Å²) in [6.07, 6.45) is 5.10. The zero-order valence-corrected chi connectivity index (χ0v) is 37.0. The normalized spacial score (nSPS) is 10.5. The second-order valence-corrected chi connectivity index (χ2v) is 15.5. The fraction of sp³-hybridized carbons (Fsp3) is 0.167. The number of nitrogens with one attached hydrogen (secondary N) is 1. The molecule has 13 nitrogen and oxygen atoms in total. The van der Waals surface area contributed by atoms with E-state index in [1.807, 2.05) is 51.1 Å². The summed E-state index contributed by atoms with van der Waals surface area (Å²) in [6, 6.07) is 26.5. The Hall–Kier alpha value is -6.93. The number of anilines is 1. The summed E-state index contributed by atoms with van der Waals surface area (Å²) < 4.78 is 9.88. The van der Waals surface area contributed by atoms with Crippen LogP contribution in [-0.2, 0) is 22.4 Å². The number of ether oxygens (including phenoxy) is 2. The highest BCUT2D eigenvalue weighted by atomic mass is 35.5. The van der Waals surface area contributed by atoms with Gasteiger partial charge in [-0.1, -0.05) is 48.3 Å². The van der Waals surface area contributed by atoms with Gasteiger partial charge >= 0.3 is 11.9 Å². The molecule has 0 radical (unpaired) electrons. The number of fused-ring (bicyclic) bond motifs is 3. The van der Waals surface area contributed by atoms with Crippen molar-refractivity contribution in [3.05, 3.63) is 180 Å². The highest BCUT2D eigenvalue weighted by Gasteiger charge is 2.13. The van der Waals surface area contributed by atoms with Crippen molar-refractivity contribution >= 4 is 91.2 Å². The number of nitrogen functional groups attached to an aromatic ring is 1. The fourth-order valence-electron chi connectivity index (χ4n) is 6.59. The van der Waals surface area contributed by atoms with Gasteiger partial charge in [-0.05, 0) is 116 Å². The lowest BCUT2D eigenvalue weighted by Gasteiger charge is -2.12. The Bertz CT molecular complexity index is 3020. The molecule has 0 fully saturated rings. The van der Waals surface area contributed by atoms with Crippen molar-refractivity contribution in [2.75, 3.05) is 20.0 Å². The molecule has 0 aliphatic rings. The molecule has 64 heavy (non-hydrogen) atoms. The van der Waals surface area contributed by atoms with Gasteiger partial charge in [-0.25, -0.2) is 14.6 Å². The Morgan fingerprint density at radius 3 is 2.08 bits per heavy atom. The molecule has 5 heterocycles. The molecule has 3 aromatic carbocycles. The Morgan fingerprint density at radius 2 is 1.38 bits per heavy atom. The number of nitrogens with two attached hydrogens (primary N) is 1. The lowest BCUT2D eigenvalue weighted by atomic mass is 10.0. The second-order valence-electron chi connectivity index (χ2n) is 14.2. The third-order valence-corrected chi connectivity index (χ3v) is 10.6. The van der Waals surface area contributed by atoms with Crippen LogP contribution in [0.5, 0.6) is 0 Å². The summed E-state index contributed by atoms with van der Waals surface area (Å²) in [4.78, 5) is 52.7. The minimum absolute atomic E-state index is 0. The van der Waals surface area contributed by atoms with E-state index >= 15 is 0 Å². The maximum atomic E-state index is 12.7. The smallest absolute Gasteiger partial charge is 0.337 e. The number of aryl methyl sites for hydroxylation is 3. The largest absolute Gasteiger partial charge is 0.618 e. The lowest BCUT2D eigenvalue weighted by Crippen LogP contribution is -2.26. The molecule has 8 rings (SSSR count). The molecule has 3 N–H and O–H groups in total. The van der Waals surface area contributed by atoms with Crippen LogP contribution in [0.2, 0.25) is 15.1 Å². The van der Waals surface area contributed by atoms with Crippen LogP contribution in [0.15, 0.2) is 110 Å². The zero-order chi connectivity index (χ0) is 45.4. The minimum Gasteiger partial charge on any atom is -0.618 e. The molecule has 0 aliphatic heterocycles. The number of benzene rings is 3. The molecule has 0 bridgehead atoms. The Labute approximate surface area is 384 Å². The van der Waals surface area contributed by atoms with Crippen molar-refractivity contribution in [3.63, 3.8) is 0 Å². The van der Waals surface area contributed by atoms with Crippen molar-refractivity contribution in [2.45, 2.75) is 41.2 Å². The number of aromatic nitrogens is 5. The van der Waals surface area contributed by atoms with E-state index in [4.69, 9.17) is 40.5 Å². The van der Waals surface area contributed by atoms with E-state index < -0.39 is 5.97 Å². The minimum atomic E-state index is -0.445. The van der Waals surface area contributed by atoms with E-state index in [0.717, 1.165) is 55.6 Å². The number of carbonyl (C=O) groups excluding carboxylic acids is 3. The van der Waals surface area contributed by atoms with Crippen LogP contribution < -0.4 is 15.8 Å². The van der Waals surface area contributed by atoms with Gasteiger partial charge in [0.25, 0.3) is 5.91 Å². The van der Waals surface area contributed by atoms with E-state index in [0.29, 0.717) is 66.2 Å². The fourth-order valence-corrected chi connectivity index (χ4v) is 7.12. The number of hydrogen-bond acceptors (Lipinski definition) is 11. The number of hydrogen-bond donors (Lipinski definition) is 2. The Kier molecular flexibility index (Phi) is 16.1. The predicted molar refractivity (Wildman–Crippen MR) is 252 cm³/mol. The number of nitrogens with zero attached hydrogens (tertiary/aromatic N) is 5. The molecular formula is C48H44Cl3N7O6. The van der Waals surface area contributed by atoms with Crippen LogP contribution in [0.4, 0.5) is 5.82 Å². The molecule has 5 aromatic heterocycles. The summed E-state index contributed by atoms with van der Waals surface area (Å²) in [7, 11) is 2.65. The van der Waals surface area contributed by atoms with E-state index in [1.165, 1.54) is 26.5 Å². The van der Waals surface area contributed by atoms with Crippen molar-refractivity contribution < 1.29 is 28.6 Å². The molecular weight excluding hydrogens is 877 g/mol. The topological polar surface area (TPSA) is 186 Å². The van der Waals surface area contributed by atoms with E-state index in [1.54, 1.807) is 60.9 Å². The first-order valence-electron chi connectivity index (χ1n) is 19.2. The number of esters is 2. The highest BCUT2D eigenvalue weighted by molar-refractivity contribution is 6.32. The Morgan fingerprint density at radius 1 is 0.719 bits per heavy atom. The van der Waals surface area contributed by atoms with Crippen LogP contribution >= 0.6 is 34.8 Å². The highest BCUT2D eigenvalue weighted by Crippen LogP contribution is 2.24. The molecule has 0 saturated carbocycles. The molecule has 0 spiro atoms. The number of amides is 1.